The highest BCUT2D eigenvalue weighted by Crippen LogP contribution is 2.26. The summed E-state index contributed by atoms with van der Waals surface area (Å²) >= 11 is 5.88. The van der Waals surface area contributed by atoms with Crippen LogP contribution in [0.3, 0.4) is 0 Å². The van der Waals surface area contributed by atoms with Gasteiger partial charge in [0.15, 0.2) is 0 Å². The molecule has 0 amide bonds. The highest BCUT2D eigenvalue weighted by atomic mass is 35.5. The van der Waals surface area contributed by atoms with Gasteiger partial charge >= 0.3 is 5.97 Å². The minimum atomic E-state index is -0.789. The van der Waals surface area contributed by atoms with Crippen LogP contribution in [0.15, 0.2) is 18.2 Å². The van der Waals surface area contributed by atoms with Gasteiger partial charge in [-0.15, -0.1) is 0 Å². The van der Waals surface area contributed by atoms with Crippen molar-refractivity contribution < 1.29 is 14.8 Å². The Labute approximate surface area is 122 Å². The first-order chi connectivity index (χ1) is 9.40. The van der Waals surface area contributed by atoms with E-state index in [1.54, 1.807) is 6.07 Å². The van der Waals surface area contributed by atoms with Gasteiger partial charge in [0.25, 0.3) is 5.69 Å². The number of nitro benzene ring substituents is 1. The number of benzene rings is 1. The Balaban J connectivity index is 2.56. The number of carboxylic acid groups (broad SMARTS) is 1. The molecule has 1 rings (SSSR count). The molecule has 0 bridgehead atoms. The van der Waals surface area contributed by atoms with Crippen molar-refractivity contribution in [1.82, 2.24) is 0 Å². The van der Waals surface area contributed by atoms with E-state index < -0.39 is 10.9 Å². The minimum absolute atomic E-state index is 0.0896. The summed E-state index contributed by atoms with van der Waals surface area (Å²) in [4.78, 5) is 20.9. The van der Waals surface area contributed by atoms with E-state index in [4.69, 9.17) is 16.7 Å². The van der Waals surface area contributed by atoms with Crippen molar-refractivity contribution in [2.45, 2.75) is 39.0 Å². The van der Waals surface area contributed by atoms with Crippen LogP contribution in [0, 0.1) is 16.0 Å². The molecular formula is C14H18ClNO4. The number of halogens is 1. The van der Waals surface area contributed by atoms with Crippen molar-refractivity contribution in [1.29, 1.82) is 0 Å². The fourth-order valence-corrected chi connectivity index (χ4v) is 2.34. The lowest BCUT2D eigenvalue weighted by Gasteiger charge is -2.11. The summed E-state index contributed by atoms with van der Waals surface area (Å²) in [5.41, 5.74) is 0.722. The van der Waals surface area contributed by atoms with Gasteiger partial charge in [0.1, 0.15) is 0 Å². The fourth-order valence-electron chi connectivity index (χ4n) is 2.14. The molecule has 1 atom stereocenters. The highest BCUT2D eigenvalue weighted by Gasteiger charge is 2.16. The molecule has 6 heteroatoms. The average molecular weight is 300 g/mol. The third-order valence-corrected chi connectivity index (χ3v) is 3.38. The molecule has 0 radical (unpaired) electrons. The van der Waals surface area contributed by atoms with Gasteiger partial charge in [0.05, 0.1) is 4.92 Å². The summed E-state index contributed by atoms with van der Waals surface area (Å²) < 4.78 is 0. The molecule has 0 aromatic heterocycles. The van der Waals surface area contributed by atoms with Crippen LogP contribution in [-0.2, 0) is 11.2 Å². The van der Waals surface area contributed by atoms with Crippen molar-refractivity contribution in [2.75, 3.05) is 0 Å². The predicted octanol–water partition coefficient (Wildman–Crippen LogP) is 4.07. The maximum atomic E-state index is 10.9. The molecule has 1 aromatic rings. The van der Waals surface area contributed by atoms with Crippen molar-refractivity contribution >= 4 is 23.3 Å². The average Bonchev–Trinajstić information content (AvgIpc) is 2.34. The van der Waals surface area contributed by atoms with Crippen LogP contribution < -0.4 is 0 Å². The number of hydrogen-bond acceptors (Lipinski definition) is 3. The van der Waals surface area contributed by atoms with E-state index in [2.05, 4.69) is 0 Å². The molecule has 110 valence electrons. The standard InChI is InChI=1S/C14H18ClNO4/c1-10(4-2-3-5-14(17)18)8-11-9-12(15)6-7-13(11)16(19)20/h6-7,9-10H,2-5,8H2,1H3,(H,17,18). The molecule has 1 unspecified atom stereocenters. The number of unbranched alkanes of at least 4 members (excludes halogenated alkanes) is 1. The third kappa shape index (κ3) is 5.57. The monoisotopic (exact) mass is 299 g/mol. The Hall–Kier alpha value is -1.62. The molecule has 0 saturated carbocycles. The summed E-state index contributed by atoms with van der Waals surface area (Å²) in [5, 5.41) is 20.0. The maximum absolute atomic E-state index is 10.9. The Bertz CT molecular complexity index is 490. The van der Waals surface area contributed by atoms with E-state index in [-0.39, 0.29) is 18.0 Å². The smallest absolute Gasteiger partial charge is 0.303 e. The van der Waals surface area contributed by atoms with Crippen LogP contribution >= 0.6 is 11.6 Å². The SMILES string of the molecule is CC(CCCCC(=O)O)Cc1cc(Cl)ccc1[N+](=O)[O-]. The van der Waals surface area contributed by atoms with Crippen LogP contribution in [0.2, 0.25) is 5.02 Å². The predicted molar refractivity (Wildman–Crippen MR) is 77.1 cm³/mol. The quantitative estimate of drug-likeness (QED) is 0.445. The number of aliphatic carboxylic acids is 1. The van der Waals surface area contributed by atoms with Gasteiger partial charge < -0.3 is 5.11 Å². The molecule has 5 nitrogen and oxygen atoms in total. The number of carbonyl (C=O) groups is 1. The number of nitrogens with zero attached hydrogens (tertiary/aromatic N) is 1. The van der Waals surface area contributed by atoms with Gasteiger partial charge in [0.2, 0.25) is 0 Å². The summed E-state index contributed by atoms with van der Waals surface area (Å²) in [7, 11) is 0. The van der Waals surface area contributed by atoms with E-state index in [9.17, 15) is 14.9 Å². The molecule has 0 spiro atoms. The van der Waals surface area contributed by atoms with E-state index in [1.807, 2.05) is 6.92 Å². The van der Waals surface area contributed by atoms with Crippen LogP contribution in [0.1, 0.15) is 38.2 Å². The molecule has 0 saturated heterocycles. The van der Waals surface area contributed by atoms with E-state index >= 15 is 0 Å². The fraction of sp³-hybridized carbons (Fsp3) is 0.500. The van der Waals surface area contributed by atoms with Gasteiger partial charge in [-0.25, -0.2) is 0 Å². The maximum Gasteiger partial charge on any atom is 0.303 e. The van der Waals surface area contributed by atoms with Crippen molar-refractivity contribution in [2.24, 2.45) is 5.92 Å². The first-order valence-electron chi connectivity index (χ1n) is 6.54. The molecular weight excluding hydrogens is 282 g/mol. The molecule has 20 heavy (non-hydrogen) atoms. The number of nitro groups is 1. The van der Waals surface area contributed by atoms with Gasteiger partial charge in [-0.05, 0) is 30.9 Å². The molecule has 0 aliphatic heterocycles. The lowest BCUT2D eigenvalue weighted by molar-refractivity contribution is -0.385. The number of hydrogen-bond donors (Lipinski definition) is 1. The molecule has 1 aromatic carbocycles. The van der Waals surface area contributed by atoms with Gasteiger partial charge in [-0.3, -0.25) is 14.9 Å². The normalized spacial score (nSPS) is 12.1. The topological polar surface area (TPSA) is 80.4 Å². The molecule has 1 N–H and O–H groups in total. The van der Waals surface area contributed by atoms with Crippen LogP contribution in [0.4, 0.5) is 5.69 Å². The van der Waals surface area contributed by atoms with E-state index in [1.165, 1.54) is 12.1 Å². The summed E-state index contributed by atoms with van der Waals surface area (Å²) in [6.07, 6.45) is 3.03. The second-order valence-electron chi connectivity index (χ2n) is 4.98. The zero-order valence-corrected chi connectivity index (χ0v) is 12.1. The summed E-state index contributed by atoms with van der Waals surface area (Å²) in [5.74, 6) is -0.538. The molecule has 0 aliphatic carbocycles. The number of rotatable bonds is 8. The van der Waals surface area contributed by atoms with E-state index in [0.29, 0.717) is 23.4 Å². The first-order valence-corrected chi connectivity index (χ1v) is 6.92. The first kappa shape index (κ1) is 16.4. The summed E-state index contributed by atoms with van der Waals surface area (Å²) in [6.45, 7) is 2.01. The Morgan fingerprint density at radius 1 is 1.45 bits per heavy atom. The molecule has 0 fully saturated rings. The number of carboxylic acids is 1. The molecule has 0 aliphatic rings. The minimum Gasteiger partial charge on any atom is -0.481 e. The lowest BCUT2D eigenvalue weighted by atomic mass is 9.94. The third-order valence-electron chi connectivity index (χ3n) is 3.14. The second kappa shape index (κ2) is 7.85. The van der Waals surface area contributed by atoms with Gasteiger partial charge in [0, 0.05) is 23.1 Å². The second-order valence-corrected chi connectivity index (χ2v) is 5.42. The zero-order chi connectivity index (χ0) is 15.1. The van der Waals surface area contributed by atoms with Gasteiger partial charge in [-0.1, -0.05) is 31.4 Å². The van der Waals surface area contributed by atoms with Gasteiger partial charge in [-0.2, -0.15) is 0 Å². The Kier molecular flexibility index (Phi) is 6.45. The molecule has 0 heterocycles. The van der Waals surface area contributed by atoms with Crippen molar-refractivity contribution in [3.63, 3.8) is 0 Å². The highest BCUT2D eigenvalue weighted by molar-refractivity contribution is 6.30. The van der Waals surface area contributed by atoms with Crippen LogP contribution in [0.5, 0.6) is 0 Å². The Morgan fingerprint density at radius 3 is 2.75 bits per heavy atom. The van der Waals surface area contributed by atoms with Crippen LogP contribution in [-0.4, -0.2) is 16.0 Å². The summed E-state index contributed by atoms with van der Waals surface area (Å²) in [6, 6.07) is 4.57. The largest absolute Gasteiger partial charge is 0.481 e. The van der Waals surface area contributed by atoms with Crippen LogP contribution in [0.25, 0.3) is 0 Å². The lowest BCUT2D eigenvalue weighted by Crippen LogP contribution is -2.04. The van der Waals surface area contributed by atoms with Crippen molar-refractivity contribution in [3.05, 3.63) is 38.9 Å². The van der Waals surface area contributed by atoms with Crippen molar-refractivity contribution in [3.8, 4) is 0 Å². The zero-order valence-electron chi connectivity index (χ0n) is 11.3. The van der Waals surface area contributed by atoms with E-state index in [0.717, 1.165) is 12.8 Å². The Morgan fingerprint density at radius 2 is 2.15 bits per heavy atom.